The lowest BCUT2D eigenvalue weighted by molar-refractivity contribution is -0.181. The molecule has 2 heterocycles. The van der Waals surface area contributed by atoms with Crippen LogP contribution in [-0.4, -0.2) is 19.1 Å². The van der Waals surface area contributed by atoms with Crippen LogP contribution in [-0.2, 0) is 9.69 Å². The Morgan fingerprint density at radius 2 is 2.14 bits per heavy atom. The minimum atomic E-state index is 0.778. The Morgan fingerprint density at radius 3 is 2.79 bits per heavy atom. The van der Waals surface area contributed by atoms with E-state index in [2.05, 4.69) is 32.9 Å². The van der Waals surface area contributed by atoms with Crippen molar-refractivity contribution in [3.8, 4) is 0 Å². The standard InChI is InChI=1S/C8H7N.C2H5BO2/c1-2-4-8-7(3-1)5-6-9-8;1-2-4-5-3-1/h1-6,9H;3H,1-2H2. The van der Waals surface area contributed by atoms with E-state index < -0.39 is 0 Å². The first-order valence-corrected chi connectivity index (χ1v) is 4.73. The van der Waals surface area contributed by atoms with E-state index in [4.69, 9.17) is 0 Å². The van der Waals surface area contributed by atoms with E-state index in [1.165, 1.54) is 10.9 Å². The van der Waals surface area contributed by atoms with Crippen LogP contribution in [0, 0.1) is 0 Å². The summed E-state index contributed by atoms with van der Waals surface area (Å²) in [5.41, 5.74) is 1.21. The molecule has 1 aliphatic heterocycles. The molecular weight excluding hydrogens is 177 g/mol. The first-order chi connectivity index (χ1) is 6.97. The Kier molecular flexibility index (Phi) is 3.21. The molecule has 0 spiro atoms. The largest absolute Gasteiger partial charge is 0.361 e. The molecule has 1 aromatic heterocycles. The second-order valence-corrected chi connectivity index (χ2v) is 3.06. The van der Waals surface area contributed by atoms with Gasteiger partial charge in [-0.3, -0.25) is 4.89 Å². The van der Waals surface area contributed by atoms with Gasteiger partial charge in [0.05, 0.1) is 6.61 Å². The third-order valence-electron chi connectivity index (χ3n) is 2.00. The van der Waals surface area contributed by atoms with E-state index in [-0.39, 0.29) is 0 Å². The van der Waals surface area contributed by atoms with E-state index in [9.17, 15) is 0 Å². The smallest absolute Gasteiger partial charge is 0.325 e. The highest BCUT2D eigenvalue weighted by Crippen LogP contribution is 2.09. The molecule has 1 aliphatic rings. The van der Waals surface area contributed by atoms with Crippen LogP contribution in [0.25, 0.3) is 10.9 Å². The fourth-order valence-corrected chi connectivity index (χ4v) is 1.29. The number of aromatic amines is 1. The highest BCUT2D eigenvalue weighted by atomic mass is 17.2. The third kappa shape index (κ3) is 2.37. The molecule has 0 bridgehead atoms. The summed E-state index contributed by atoms with van der Waals surface area (Å²) in [6.07, 6.45) is 3.00. The van der Waals surface area contributed by atoms with Gasteiger partial charge in [0, 0.05) is 11.7 Å². The maximum atomic E-state index is 4.44. The fraction of sp³-hybridized carbons (Fsp3) is 0.200. The Balaban J connectivity index is 0.000000128. The predicted octanol–water partition coefficient (Wildman–Crippen LogP) is 1.89. The lowest BCUT2D eigenvalue weighted by atomic mass is 9.99. The highest BCUT2D eigenvalue weighted by molar-refractivity contribution is 6.27. The minimum Gasteiger partial charge on any atom is -0.361 e. The number of fused-ring (bicyclic) bond motifs is 1. The summed E-state index contributed by atoms with van der Waals surface area (Å²) in [6.45, 7) is 0.778. The van der Waals surface area contributed by atoms with Gasteiger partial charge in [-0.1, -0.05) is 18.2 Å². The van der Waals surface area contributed by atoms with Crippen molar-refractivity contribution in [2.24, 2.45) is 0 Å². The van der Waals surface area contributed by atoms with Gasteiger partial charge < -0.3 is 9.79 Å². The second kappa shape index (κ2) is 4.84. The van der Waals surface area contributed by atoms with Gasteiger partial charge in [-0.25, -0.2) is 0 Å². The molecule has 0 radical (unpaired) electrons. The molecule has 72 valence electrons. The van der Waals surface area contributed by atoms with Crippen LogP contribution in [0.1, 0.15) is 0 Å². The van der Waals surface area contributed by atoms with Gasteiger partial charge in [-0.05, 0) is 23.8 Å². The molecule has 1 aromatic carbocycles. The van der Waals surface area contributed by atoms with Gasteiger partial charge >= 0.3 is 7.48 Å². The van der Waals surface area contributed by atoms with Crippen LogP contribution in [0.5, 0.6) is 0 Å². The van der Waals surface area contributed by atoms with Crippen molar-refractivity contribution in [3.05, 3.63) is 36.5 Å². The van der Waals surface area contributed by atoms with Crippen molar-refractivity contribution in [2.75, 3.05) is 6.61 Å². The number of rotatable bonds is 0. The summed E-state index contributed by atoms with van der Waals surface area (Å²) in [6, 6.07) is 10.3. The lowest BCUT2D eigenvalue weighted by Gasteiger charge is -1.83. The number of aromatic nitrogens is 1. The molecule has 0 saturated carbocycles. The number of H-pyrrole nitrogens is 1. The van der Waals surface area contributed by atoms with Crippen molar-refractivity contribution in [1.29, 1.82) is 0 Å². The Bertz CT molecular complexity index is 346. The van der Waals surface area contributed by atoms with Gasteiger partial charge in [-0.15, -0.1) is 0 Å². The van der Waals surface area contributed by atoms with Gasteiger partial charge in [-0.2, -0.15) is 0 Å². The molecular formula is C10H12BNO2. The molecule has 14 heavy (non-hydrogen) atoms. The number of para-hydroxylation sites is 1. The zero-order valence-corrected chi connectivity index (χ0v) is 7.90. The summed E-state index contributed by atoms with van der Waals surface area (Å²) < 4.78 is 0. The molecule has 4 heteroatoms. The second-order valence-electron chi connectivity index (χ2n) is 3.06. The molecule has 1 saturated heterocycles. The van der Waals surface area contributed by atoms with Crippen LogP contribution >= 0.6 is 0 Å². The molecule has 0 atom stereocenters. The van der Waals surface area contributed by atoms with Crippen LogP contribution < -0.4 is 0 Å². The molecule has 0 aliphatic carbocycles. The van der Waals surface area contributed by atoms with Gasteiger partial charge in [0.1, 0.15) is 0 Å². The van der Waals surface area contributed by atoms with Crippen LogP contribution in [0.4, 0.5) is 0 Å². The van der Waals surface area contributed by atoms with E-state index in [1.807, 2.05) is 18.3 Å². The topological polar surface area (TPSA) is 34.2 Å². The van der Waals surface area contributed by atoms with Gasteiger partial charge in [0.15, 0.2) is 0 Å². The average Bonchev–Trinajstić information content (AvgIpc) is 2.92. The summed E-state index contributed by atoms with van der Waals surface area (Å²) in [4.78, 5) is 12.0. The molecule has 1 fully saturated rings. The number of hydrogen-bond donors (Lipinski definition) is 1. The normalized spacial score (nSPS) is 14.6. The summed E-state index contributed by atoms with van der Waals surface area (Å²) >= 11 is 0. The van der Waals surface area contributed by atoms with Crippen molar-refractivity contribution in [1.82, 2.24) is 4.98 Å². The third-order valence-corrected chi connectivity index (χ3v) is 2.00. The van der Waals surface area contributed by atoms with E-state index in [0.29, 0.717) is 0 Å². The van der Waals surface area contributed by atoms with Gasteiger partial charge in [0.25, 0.3) is 0 Å². The lowest BCUT2D eigenvalue weighted by Crippen LogP contribution is -1.78. The summed E-state index contributed by atoms with van der Waals surface area (Å²) in [5, 5.41) is 1.28. The van der Waals surface area contributed by atoms with Crippen LogP contribution in [0.3, 0.4) is 0 Å². The summed E-state index contributed by atoms with van der Waals surface area (Å²) in [5.74, 6) is 0. The van der Waals surface area contributed by atoms with Crippen LogP contribution in [0.2, 0.25) is 6.32 Å². The highest BCUT2D eigenvalue weighted by Gasteiger charge is 1.99. The maximum absolute atomic E-state index is 4.44. The van der Waals surface area contributed by atoms with Crippen LogP contribution in [0.15, 0.2) is 36.5 Å². The maximum Gasteiger partial charge on any atom is 0.325 e. The van der Waals surface area contributed by atoms with Crippen molar-refractivity contribution in [2.45, 2.75) is 6.32 Å². The number of nitrogens with one attached hydrogen (secondary N) is 1. The fourth-order valence-electron chi connectivity index (χ4n) is 1.29. The molecule has 1 N–H and O–H groups in total. The molecule has 3 nitrogen and oxygen atoms in total. The van der Waals surface area contributed by atoms with Gasteiger partial charge in [0.2, 0.25) is 0 Å². The zero-order chi connectivity index (χ0) is 9.64. The van der Waals surface area contributed by atoms with E-state index in [0.717, 1.165) is 20.4 Å². The van der Waals surface area contributed by atoms with Crippen molar-refractivity contribution < 1.29 is 9.69 Å². The molecule has 3 rings (SSSR count). The zero-order valence-electron chi connectivity index (χ0n) is 7.90. The molecule has 2 aromatic rings. The van der Waals surface area contributed by atoms with E-state index in [1.54, 1.807) is 0 Å². The Hall–Kier alpha value is -1.26. The van der Waals surface area contributed by atoms with E-state index >= 15 is 0 Å². The monoisotopic (exact) mass is 189 g/mol. The minimum absolute atomic E-state index is 0.778. The first-order valence-electron chi connectivity index (χ1n) is 4.73. The predicted molar refractivity (Wildman–Crippen MR) is 57.3 cm³/mol. The quantitative estimate of drug-likeness (QED) is 0.507. The molecule has 0 amide bonds. The number of hydrogen-bond acceptors (Lipinski definition) is 2. The SMILES string of the molecule is B1CCOO1.c1ccc2[nH]ccc2c1. The summed E-state index contributed by atoms with van der Waals surface area (Å²) in [7, 11) is 0.778. The van der Waals surface area contributed by atoms with Crippen molar-refractivity contribution in [3.63, 3.8) is 0 Å². The Labute approximate surface area is 83.2 Å². The first kappa shape index (κ1) is 9.31. The Morgan fingerprint density at radius 1 is 1.21 bits per heavy atom. The average molecular weight is 189 g/mol. The van der Waals surface area contributed by atoms with Crippen molar-refractivity contribution >= 4 is 18.4 Å². The number of benzene rings is 1. The molecule has 0 unspecified atom stereocenters.